The van der Waals surface area contributed by atoms with Gasteiger partial charge in [0.2, 0.25) is 5.91 Å². The lowest BCUT2D eigenvalue weighted by atomic mass is 10.1. The Hall–Kier alpha value is -2.88. The molecule has 0 aliphatic carbocycles. The second-order valence-corrected chi connectivity index (χ2v) is 6.31. The van der Waals surface area contributed by atoms with Crippen LogP contribution >= 0.6 is 0 Å². The topological polar surface area (TPSA) is 40.6 Å². The predicted molar refractivity (Wildman–Crippen MR) is 102 cm³/mol. The lowest BCUT2D eigenvalue weighted by molar-refractivity contribution is -0.117. The quantitative estimate of drug-likeness (QED) is 0.798. The van der Waals surface area contributed by atoms with Crippen molar-refractivity contribution in [3.05, 3.63) is 65.7 Å². The molecule has 0 saturated carbocycles. The van der Waals surface area contributed by atoms with Crippen LogP contribution in [0.25, 0.3) is 6.08 Å². The Balaban J connectivity index is 1.67. The van der Waals surface area contributed by atoms with Gasteiger partial charge >= 0.3 is 0 Å². The maximum atomic E-state index is 12.3. The van der Waals surface area contributed by atoms with Crippen molar-refractivity contribution in [2.45, 2.75) is 19.8 Å². The van der Waals surface area contributed by atoms with E-state index in [9.17, 15) is 9.59 Å². The van der Waals surface area contributed by atoms with E-state index in [2.05, 4.69) is 0 Å². The van der Waals surface area contributed by atoms with Crippen LogP contribution in [0.3, 0.4) is 0 Å². The van der Waals surface area contributed by atoms with E-state index in [-0.39, 0.29) is 11.8 Å². The van der Waals surface area contributed by atoms with Gasteiger partial charge < -0.3 is 9.80 Å². The first-order valence-corrected chi connectivity index (χ1v) is 8.47. The van der Waals surface area contributed by atoms with Crippen LogP contribution in [0.15, 0.2) is 54.6 Å². The van der Waals surface area contributed by atoms with Gasteiger partial charge in [-0.15, -0.1) is 0 Å². The highest BCUT2D eigenvalue weighted by Gasteiger charge is 2.21. The number of benzene rings is 2. The van der Waals surface area contributed by atoms with Gasteiger partial charge in [0.05, 0.1) is 0 Å². The lowest BCUT2D eigenvalue weighted by Gasteiger charge is -2.16. The average molecular weight is 334 g/mol. The molecule has 3 rings (SSSR count). The summed E-state index contributed by atoms with van der Waals surface area (Å²) in [6, 6.07) is 15.6. The Morgan fingerprint density at radius 3 is 2.56 bits per heavy atom. The van der Waals surface area contributed by atoms with Gasteiger partial charge in [0.25, 0.3) is 5.91 Å². The molecule has 0 atom stereocenters. The summed E-state index contributed by atoms with van der Waals surface area (Å²) in [6.07, 6.45) is 4.91. The van der Waals surface area contributed by atoms with Crippen LogP contribution in [0.2, 0.25) is 0 Å². The van der Waals surface area contributed by atoms with E-state index in [1.165, 1.54) is 0 Å². The number of hydrogen-bond donors (Lipinski definition) is 0. The summed E-state index contributed by atoms with van der Waals surface area (Å²) in [5.41, 5.74) is 3.84. The number of nitrogens with zero attached hydrogens (tertiary/aromatic N) is 2. The Morgan fingerprint density at radius 1 is 1.16 bits per heavy atom. The molecule has 0 bridgehead atoms. The van der Waals surface area contributed by atoms with Crippen LogP contribution in [-0.4, -0.2) is 25.4 Å². The van der Waals surface area contributed by atoms with Crippen molar-refractivity contribution in [3.8, 4) is 0 Å². The van der Waals surface area contributed by atoms with Gasteiger partial charge in [0, 0.05) is 37.5 Å². The monoisotopic (exact) mass is 334 g/mol. The summed E-state index contributed by atoms with van der Waals surface area (Å²) in [7, 11) is 1.77. The molecule has 1 aliphatic heterocycles. The summed E-state index contributed by atoms with van der Waals surface area (Å²) in [5.74, 6) is 0.0997. The minimum absolute atomic E-state index is 0.0793. The molecule has 2 amide bonds. The molecule has 1 saturated heterocycles. The van der Waals surface area contributed by atoms with Crippen LogP contribution in [0.4, 0.5) is 11.4 Å². The lowest BCUT2D eigenvalue weighted by Crippen LogP contribution is -2.24. The number of amides is 2. The molecule has 2 aromatic rings. The molecule has 1 aliphatic rings. The molecular weight excluding hydrogens is 312 g/mol. The zero-order chi connectivity index (χ0) is 17.8. The van der Waals surface area contributed by atoms with Crippen molar-refractivity contribution >= 4 is 29.3 Å². The van der Waals surface area contributed by atoms with E-state index in [0.29, 0.717) is 6.42 Å². The molecule has 0 N–H and O–H groups in total. The molecule has 0 spiro atoms. The molecule has 0 aromatic heterocycles. The predicted octanol–water partition coefficient (Wildman–Crippen LogP) is 3.80. The first-order valence-electron chi connectivity index (χ1n) is 8.47. The number of aryl methyl sites for hydroxylation is 1. The van der Waals surface area contributed by atoms with Gasteiger partial charge in [0.1, 0.15) is 0 Å². The van der Waals surface area contributed by atoms with Gasteiger partial charge in [0.15, 0.2) is 0 Å². The summed E-state index contributed by atoms with van der Waals surface area (Å²) in [4.78, 5) is 27.5. The zero-order valence-corrected chi connectivity index (χ0v) is 14.6. The van der Waals surface area contributed by atoms with Gasteiger partial charge in [-0.1, -0.05) is 24.3 Å². The van der Waals surface area contributed by atoms with Crippen LogP contribution in [0.1, 0.15) is 24.0 Å². The third-order valence-electron chi connectivity index (χ3n) is 4.42. The van der Waals surface area contributed by atoms with E-state index in [1.54, 1.807) is 24.1 Å². The molecule has 1 heterocycles. The second kappa shape index (κ2) is 7.34. The van der Waals surface area contributed by atoms with E-state index < -0.39 is 0 Å². The summed E-state index contributed by atoms with van der Waals surface area (Å²) in [5, 5.41) is 0. The van der Waals surface area contributed by atoms with E-state index >= 15 is 0 Å². The maximum absolute atomic E-state index is 12.3. The Kier molecular flexibility index (Phi) is 4.98. The maximum Gasteiger partial charge on any atom is 0.250 e. The molecule has 1 fully saturated rings. The molecule has 4 heteroatoms. The first-order chi connectivity index (χ1) is 12.0. The van der Waals surface area contributed by atoms with Crippen molar-refractivity contribution in [2.24, 2.45) is 0 Å². The molecular formula is C21H22N2O2. The fraction of sp³-hybridized carbons (Fsp3) is 0.238. The third kappa shape index (κ3) is 3.97. The molecule has 25 heavy (non-hydrogen) atoms. The fourth-order valence-corrected chi connectivity index (χ4v) is 2.93. The van der Waals surface area contributed by atoms with Gasteiger partial charge in [-0.2, -0.15) is 0 Å². The van der Waals surface area contributed by atoms with Crippen molar-refractivity contribution in [2.75, 3.05) is 23.4 Å². The van der Waals surface area contributed by atoms with Crippen LogP contribution in [0, 0.1) is 6.92 Å². The summed E-state index contributed by atoms with van der Waals surface area (Å²) < 4.78 is 0. The number of carbonyl (C=O) groups is 2. The number of carbonyl (C=O) groups excluding carboxylic acids is 2. The number of rotatable bonds is 4. The van der Waals surface area contributed by atoms with E-state index in [1.807, 2.05) is 60.4 Å². The molecule has 2 aromatic carbocycles. The first kappa shape index (κ1) is 17.0. The van der Waals surface area contributed by atoms with Crippen LogP contribution < -0.4 is 9.80 Å². The number of likely N-dealkylation sites (N-methyl/N-ethyl adjacent to an activating group) is 1. The minimum Gasteiger partial charge on any atom is -0.312 e. The summed E-state index contributed by atoms with van der Waals surface area (Å²) >= 11 is 0. The number of hydrogen-bond acceptors (Lipinski definition) is 2. The second-order valence-electron chi connectivity index (χ2n) is 6.31. The number of anilines is 2. The van der Waals surface area contributed by atoms with Crippen molar-refractivity contribution < 1.29 is 9.59 Å². The van der Waals surface area contributed by atoms with Crippen LogP contribution in [0.5, 0.6) is 0 Å². The molecule has 0 unspecified atom stereocenters. The highest BCUT2D eigenvalue weighted by Crippen LogP contribution is 2.22. The van der Waals surface area contributed by atoms with Crippen molar-refractivity contribution in [1.82, 2.24) is 0 Å². The van der Waals surface area contributed by atoms with E-state index in [0.717, 1.165) is 35.5 Å². The third-order valence-corrected chi connectivity index (χ3v) is 4.42. The zero-order valence-electron chi connectivity index (χ0n) is 14.6. The molecule has 0 radical (unpaired) electrons. The Labute approximate surface area is 148 Å². The molecule has 4 nitrogen and oxygen atoms in total. The standard InChI is InChI=1S/C21H22N2O2/c1-16-5-3-6-19(15-16)22(2)20(24)13-10-17-8-11-18(12-9-17)23-14-4-7-21(23)25/h3,5-6,8-13,15H,4,7,14H2,1-2H3. The van der Waals surface area contributed by atoms with Gasteiger partial charge in [-0.05, 0) is 54.8 Å². The normalized spacial score (nSPS) is 14.3. The largest absolute Gasteiger partial charge is 0.312 e. The Bertz CT molecular complexity index is 809. The average Bonchev–Trinajstić information content (AvgIpc) is 3.05. The molecule has 128 valence electrons. The SMILES string of the molecule is Cc1cccc(N(C)C(=O)C=Cc2ccc(N3CCCC3=O)cc2)c1. The van der Waals surface area contributed by atoms with Crippen molar-refractivity contribution in [1.29, 1.82) is 0 Å². The highest BCUT2D eigenvalue weighted by atomic mass is 16.2. The van der Waals surface area contributed by atoms with Gasteiger partial charge in [-0.25, -0.2) is 0 Å². The Morgan fingerprint density at radius 2 is 1.92 bits per heavy atom. The van der Waals surface area contributed by atoms with E-state index in [4.69, 9.17) is 0 Å². The minimum atomic E-state index is -0.0793. The fourth-order valence-electron chi connectivity index (χ4n) is 2.93. The van der Waals surface area contributed by atoms with Crippen LogP contribution in [-0.2, 0) is 9.59 Å². The summed E-state index contributed by atoms with van der Waals surface area (Å²) in [6.45, 7) is 2.79. The smallest absolute Gasteiger partial charge is 0.250 e. The van der Waals surface area contributed by atoms with Gasteiger partial charge in [-0.3, -0.25) is 9.59 Å². The highest BCUT2D eigenvalue weighted by molar-refractivity contribution is 6.03. The van der Waals surface area contributed by atoms with Crippen molar-refractivity contribution in [3.63, 3.8) is 0 Å².